The Hall–Kier alpha value is -3.88. The minimum atomic E-state index is -0.685. The van der Waals surface area contributed by atoms with E-state index in [9.17, 15) is 9.59 Å². The fourth-order valence-corrected chi connectivity index (χ4v) is 3.45. The van der Waals surface area contributed by atoms with E-state index < -0.39 is 12.1 Å². The molecule has 1 aromatic carbocycles. The molecule has 31 heavy (non-hydrogen) atoms. The molecule has 2 aromatic heterocycles. The van der Waals surface area contributed by atoms with Crippen molar-refractivity contribution in [2.45, 2.75) is 31.8 Å². The second-order valence-electron chi connectivity index (χ2n) is 7.25. The van der Waals surface area contributed by atoms with Gasteiger partial charge in [0.25, 0.3) is 5.91 Å². The lowest BCUT2D eigenvalue weighted by molar-refractivity contribution is -0.135. The lowest BCUT2D eigenvalue weighted by atomic mass is 10.0. The van der Waals surface area contributed by atoms with E-state index in [1.54, 1.807) is 42.3 Å². The maximum atomic E-state index is 13.2. The van der Waals surface area contributed by atoms with Crippen LogP contribution in [-0.4, -0.2) is 54.4 Å². The topological polar surface area (TPSA) is 107 Å². The number of nitrogens with zero attached hydrogens (tertiary/aromatic N) is 4. The highest BCUT2D eigenvalue weighted by molar-refractivity contribution is 5.88. The fourth-order valence-electron chi connectivity index (χ4n) is 3.45. The fraction of sp³-hybridized carbons (Fsp3) is 0.273. The van der Waals surface area contributed by atoms with Crippen molar-refractivity contribution in [1.29, 1.82) is 0 Å². The molecule has 1 aliphatic heterocycles. The molecule has 0 saturated heterocycles. The van der Waals surface area contributed by atoms with Crippen molar-refractivity contribution >= 4 is 12.0 Å². The maximum Gasteiger partial charge on any atom is 0.414 e. The van der Waals surface area contributed by atoms with Crippen molar-refractivity contribution in [2.75, 3.05) is 6.61 Å². The van der Waals surface area contributed by atoms with Gasteiger partial charge in [0.1, 0.15) is 6.04 Å². The second kappa shape index (κ2) is 9.75. The van der Waals surface area contributed by atoms with Gasteiger partial charge in [-0.25, -0.2) is 14.8 Å². The van der Waals surface area contributed by atoms with Gasteiger partial charge in [-0.1, -0.05) is 30.3 Å². The van der Waals surface area contributed by atoms with Crippen LogP contribution in [-0.2, 0) is 28.9 Å². The van der Waals surface area contributed by atoms with Crippen LogP contribution in [0.25, 0.3) is 0 Å². The van der Waals surface area contributed by atoms with Gasteiger partial charge in [0, 0.05) is 36.9 Å². The largest absolute Gasteiger partial charge is 0.449 e. The monoisotopic (exact) mass is 420 g/mol. The molecular weight excluding hydrogens is 396 g/mol. The van der Waals surface area contributed by atoms with Gasteiger partial charge in [-0.2, -0.15) is 0 Å². The molecule has 1 atom stereocenters. The first-order valence-electron chi connectivity index (χ1n) is 10.1. The molecule has 0 aliphatic carbocycles. The van der Waals surface area contributed by atoms with Crippen LogP contribution >= 0.6 is 0 Å². The average Bonchev–Trinajstić information content (AvgIpc) is 3.49. The van der Waals surface area contributed by atoms with Crippen molar-refractivity contribution in [2.24, 2.45) is 0 Å². The molecule has 160 valence electrons. The van der Waals surface area contributed by atoms with Crippen molar-refractivity contribution in [3.63, 3.8) is 0 Å². The number of hydrogen-bond acceptors (Lipinski definition) is 5. The van der Waals surface area contributed by atoms with Crippen LogP contribution in [0.15, 0.2) is 67.8 Å². The Balaban J connectivity index is 1.43. The molecule has 9 heteroatoms. The Morgan fingerprint density at radius 2 is 1.77 bits per heavy atom. The molecule has 0 unspecified atom stereocenters. The third-order valence-electron chi connectivity index (χ3n) is 5.06. The van der Waals surface area contributed by atoms with Crippen LogP contribution in [0.1, 0.15) is 23.4 Å². The summed E-state index contributed by atoms with van der Waals surface area (Å²) in [6.45, 7) is 0.611. The zero-order chi connectivity index (χ0) is 21.5. The van der Waals surface area contributed by atoms with Crippen LogP contribution in [0.4, 0.5) is 4.79 Å². The number of H-pyrrole nitrogens is 2. The summed E-state index contributed by atoms with van der Waals surface area (Å²) >= 11 is 0. The number of nitrogens with one attached hydrogen (secondary N) is 2. The molecule has 0 bridgehead atoms. The molecular formula is C22H24N6O3. The highest BCUT2D eigenvalue weighted by Gasteiger charge is 2.35. The molecule has 1 aliphatic rings. The normalized spacial score (nSPS) is 16.0. The number of aromatic nitrogens is 4. The number of amides is 2. The van der Waals surface area contributed by atoms with Crippen molar-refractivity contribution in [1.82, 2.24) is 29.7 Å². The van der Waals surface area contributed by atoms with Crippen molar-refractivity contribution in [3.05, 3.63) is 84.7 Å². The number of aryl methyl sites for hydroxylation is 1. The van der Waals surface area contributed by atoms with Crippen LogP contribution in [0.3, 0.4) is 0 Å². The highest BCUT2D eigenvalue weighted by Crippen LogP contribution is 2.20. The number of imidazole rings is 2. The predicted molar refractivity (Wildman–Crippen MR) is 112 cm³/mol. The average molecular weight is 420 g/mol. The Bertz CT molecular complexity index is 1000. The summed E-state index contributed by atoms with van der Waals surface area (Å²) in [7, 11) is 0. The Morgan fingerprint density at radius 1 is 1.03 bits per heavy atom. The van der Waals surface area contributed by atoms with Crippen LogP contribution in [0, 0.1) is 0 Å². The van der Waals surface area contributed by atoms with Gasteiger partial charge in [0.05, 0.1) is 31.5 Å². The quantitative estimate of drug-likeness (QED) is 0.545. The van der Waals surface area contributed by atoms with E-state index in [2.05, 4.69) is 19.9 Å². The van der Waals surface area contributed by atoms with Gasteiger partial charge in [-0.05, 0) is 18.4 Å². The van der Waals surface area contributed by atoms with Gasteiger partial charge in [-0.15, -0.1) is 0 Å². The molecule has 4 rings (SSSR count). The highest BCUT2D eigenvalue weighted by atomic mass is 16.6. The second-order valence-corrected chi connectivity index (χ2v) is 7.25. The zero-order valence-electron chi connectivity index (χ0n) is 17.0. The molecule has 2 amide bonds. The van der Waals surface area contributed by atoms with Gasteiger partial charge in [0.15, 0.2) is 0 Å². The lowest BCUT2D eigenvalue weighted by Crippen LogP contribution is -2.51. The standard InChI is InChI=1S/C22H24N6O3/c29-21-20(11-17-5-2-1-3-6-17)28(9-8-27(21)14-19-13-24-16-26-19)22(30)31-10-4-7-18-12-23-15-25-18/h1-3,5-6,8-9,12-13,15-16,20H,4,7,10-11,14H2,(H,23,25)(H,24,26)/t20-/m0/s1. The summed E-state index contributed by atoms with van der Waals surface area (Å²) < 4.78 is 5.45. The number of hydrogen-bond donors (Lipinski definition) is 2. The smallest absolute Gasteiger partial charge is 0.414 e. The van der Waals surface area contributed by atoms with Gasteiger partial charge in [0.2, 0.25) is 0 Å². The Morgan fingerprint density at radius 3 is 2.48 bits per heavy atom. The van der Waals surface area contributed by atoms with E-state index in [0.717, 1.165) is 23.4 Å². The first kappa shape index (κ1) is 20.4. The minimum absolute atomic E-state index is 0.171. The van der Waals surface area contributed by atoms with Crippen LogP contribution in [0.5, 0.6) is 0 Å². The first-order chi connectivity index (χ1) is 15.2. The Labute approximate surface area is 179 Å². The maximum absolute atomic E-state index is 13.2. The molecule has 0 spiro atoms. The van der Waals surface area contributed by atoms with Gasteiger partial charge < -0.3 is 19.6 Å². The molecule has 9 nitrogen and oxygen atoms in total. The minimum Gasteiger partial charge on any atom is -0.449 e. The molecule has 0 radical (unpaired) electrons. The van der Waals surface area contributed by atoms with Crippen LogP contribution in [0.2, 0.25) is 0 Å². The molecule has 0 fully saturated rings. The number of benzene rings is 1. The molecule has 3 heterocycles. The number of rotatable bonds is 8. The van der Waals surface area contributed by atoms with E-state index in [0.29, 0.717) is 19.4 Å². The molecule has 0 saturated carbocycles. The summed E-state index contributed by atoms with van der Waals surface area (Å²) in [4.78, 5) is 43.0. The number of carbonyl (C=O) groups excluding carboxylic acids is 2. The summed E-state index contributed by atoms with van der Waals surface area (Å²) in [5.74, 6) is -0.171. The number of ether oxygens (including phenoxy) is 1. The number of aromatic amines is 2. The zero-order valence-corrected chi connectivity index (χ0v) is 17.0. The number of carbonyl (C=O) groups is 2. The van der Waals surface area contributed by atoms with E-state index in [-0.39, 0.29) is 12.5 Å². The SMILES string of the molecule is O=C1[C@H](Cc2ccccc2)N(C(=O)OCCCc2cnc[nH]2)C=CN1Cc1cnc[nH]1. The van der Waals surface area contributed by atoms with E-state index >= 15 is 0 Å². The third-order valence-corrected chi connectivity index (χ3v) is 5.06. The first-order valence-corrected chi connectivity index (χ1v) is 10.1. The van der Waals surface area contributed by atoms with Gasteiger partial charge in [-0.3, -0.25) is 9.69 Å². The summed E-state index contributed by atoms with van der Waals surface area (Å²) in [6.07, 6.45) is 11.1. The van der Waals surface area contributed by atoms with E-state index in [1.165, 1.54) is 4.90 Å². The summed E-state index contributed by atoms with van der Waals surface area (Å²) in [6, 6.07) is 8.95. The molecule has 3 aromatic rings. The third kappa shape index (κ3) is 5.19. The predicted octanol–water partition coefficient (Wildman–Crippen LogP) is 2.63. The van der Waals surface area contributed by atoms with Crippen molar-refractivity contribution < 1.29 is 14.3 Å². The van der Waals surface area contributed by atoms with Crippen LogP contribution < -0.4 is 0 Å². The summed E-state index contributed by atoms with van der Waals surface area (Å²) in [5.41, 5.74) is 2.77. The van der Waals surface area contributed by atoms with Crippen molar-refractivity contribution in [3.8, 4) is 0 Å². The van der Waals surface area contributed by atoms with Gasteiger partial charge >= 0.3 is 6.09 Å². The van der Waals surface area contributed by atoms with E-state index in [1.807, 2.05) is 30.3 Å². The molecule has 2 N–H and O–H groups in total. The lowest BCUT2D eigenvalue weighted by Gasteiger charge is -2.35. The summed E-state index contributed by atoms with van der Waals surface area (Å²) in [5, 5.41) is 0. The van der Waals surface area contributed by atoms with E-state index in [4.69, 9.17) is 4.74 Å². The Kier molecular flexibility index (Phi) is 6.41.